The number of aliphatic hydroxyl groups excluding tert-OH is 1. The Hall–Kier alpha value is -1.10. The van der Waals surface area contributed by atoms with Gasteiger partial charge < -0.3 is 14.6 Å². The highest BCUT2D eigenvalue weighted by molar-refractivity contribution is 5.72. The van der Waals surface area contributed by atoms with Crippen molar-refractivity contribution in [1.82, 2.24) is 0 Å². The van der Waals surface area contributed by atoms with Gasteiger partial charge in [0, 0.05) is 6.42 Å². The van der Waals surface area contributed by atoms with E-state index in [2.05, 4.69) is 20.8 Å². The first-order chi connectivity index (χ1) is 17.7. The Kier molecular flexibility index (Phi) is 8.69. The third-order valence-electron chi connectivity index (χ3n) is 11.9. The maximum absolute atomic E-state index is 12.5. The molecular formula is C33H56O5. The molecule has 4 saturated carbocycles. The van der Waals surface area contributed by atoms with Crippen molar-refractivity contribution in [2.45, 2.75) is 144 Å². The molecule has 0 aromatic rings. The van der Waals surface area contributed by atoms with Gasteiger partial charge in [0.25, 0.3) is 0 Å². The Morgan fingerprint density at radius 1 is 0.974 bits per heavy atom. The predicted octanol–water partition coefficient (Wildman–Crippen LogP) is 7.33. The Morgan fingerprint density at radius 2 is 1.63 bits per heavy atom. The number of esters is 2. The minimum absolute atomic E-state index is 0.00821. The third-order valence-corrected chi connectivity index (χ3v) is 11.9. The molecule has 1 N–H and O–H groups in total. The molecule has 0 aliphatic heterocycles. The van der Waals surface area contributed by atoms with Crippen molar-refractivity contribution in [1.29, 1.82) is 0 Å². The van der Waals surface area contributed by atoms with E-state index in [0.717, 1.165) is 38.5 Å². The van der Waals surface area contributed by atoms with Gasteiger partial charge >= 0.3 is 11.9 Å². The Morgan fingerprint density at radius 3 is 2.29 bits per heavy atom. The summed E-state index contributed by atoms with van der Waals surface area (Å²) in [5.74, 6) is 2.82. The van der Waals surface area contributed by atoms with E-state index >= 15 is 0 Å². The molecule has 4 aliphatic rings. The number of hydrogen-bond donors (Lipinski definition) is 1. The van der Waals surface area contributed by atoms with Crippen molar-refractivity contribution in [3.05, 3.63) is 0 Å². The molecule has 0 amide bonds. The highest BCUT2D eigenvalue weighted by atomic mass is 16.6. The fraction of sp³-hybridized carbons (Fsp3) is 0.939. The van der Waals surface area contributed by atoms with Crippen LogP contribution in [0.25, 0.3) is 0 Å². The standard InChI is InChI=1S/C33H56O5/c1-9-20(2)30(36)37-23-14-16-32(7)22(18-23)19-27(34)29-25-12-11-24(33(25,8)17-15-26(29)32)21(3)10-13-28(35)38-31(4,5)6/h20-27,29,34H,9-19H2,1-8H3. The number of fused-ring (bicyclic) bond motifs is 5. The van der Waals surface area contributed by atoms with Gasteiger partial charge in [-0.15, -0.1) is 0 Å². The predicted molar refractivity (Wildman–Crippen MR) is 150 cm³/mol. The van der Waals surface area contributed by atoms with Crippen LogP contribution in [0.2, 0.25) is 0 Å². The SMILES string of the molecule is CCC(C)C(=O)OC1CCC2(C)C(C1)CC(O)C1C2CCC2(C)C(C(C)CCC(=O)OC(C)(C)C)CCC12. The van der Waals surface area contributed by atoms with Crippen LogP contribution in [-0.2, 0) is 19.1 Å². The number of carbonyl (C=O) groups excluding carboxylic acids is 2. The van der Waals surface area contributed by atoms with Crippen LogP contribution < -0.4 is 0 Å². The summed E-state index contributed by atoms with van der Waals surface area (Å²) in [4.78, 5) is 24.9. The first-order valence-electron chi connectivity index (χ1n) is 15.8. The van der Waals surface area contributed by atoms with Gasteiger partial charge in [0.05, 0.1) is 12.0 Å². The van der Waals surface area contributed by atoms with Crippen LogP contribution >= 0.6 is 0 Å². The molecule has 11 unspecified atom stereocenters. The number of hydrogen-bond acceptors (Lipinski definition) is 5. The molecule has 4 fully saturated rings. The van der Waals surface area contributed by atoms with Crippen LogP contribution in [0.1, 0.15) is 126 Å². The Labute approximate surface area is 232 Å². The molecular weight excluding hydrogens is 476 g/mol. The molecule has 0 spiro atoms. The maximum Gasteiger partial charge on any atom is 0.308 e. The molecule has 0 heterocycles. The van der Waals surface area contributed by atoms with Crippen molar-refractivity contribution < 1.29 is 24.2 Å². The first kappa shape index (κ1) is 29.9. The summed E-state index contributed by atoms with van der Waals surface area (Å²) in [7, 11) is 0. The molecule has 0 radical (unpaired) electrons. The van der Waals surface area contributed by atoms with E-state index in [0.29, 0.717) is 41.9 Å². The van der Waals surface area contributed by atoms with E-state index in [4.69, 9.17) is 9.47 Å². The van der Waals surface area contributed by atoms with E-state index in [1.165, 1.54) is 25.7 Å². The molecule has 0 aromatic heterocycles. The van der Waals surface area contributed by atoms with Crippen molar-refractivity contribution in [2.75, 3.05) is 0 Å². The van der Waals surface area contributed by atoms with Gasteiger partial charge in [-0.2, -0.15) is 0 Å². The van der Waals surface area contributed by atoms with Crippen LogP contribution in [0.3, 0.4) is 0 Å². The minimum Gasteiger partial charge on any atom is -0.462 e. The second-order valence-electron chi connectivity index (χ2n) is 15.3. The summed E-state index contributed by atoms with van der Waals surface area (Å²) in [6, 6.07) is 0. The van der Waals surface area contributed by atoms with Crippen molar-refractivity contribution >= 4 is 11.9 Å². The second kappa shape index (κ2) is 11.1. The normalized spacial score (nSPS) is 42.3. The average molecular weight is 533 g/mol. The molecule has 0 saturated heterocycles. The molecule has 38 heavy (non-hydrogen) atoms. The van der Waals surface area contributed by atoms with Gasteiger partial charge in [-0.3, -0.25) is 9.59 Å². The van der Waals surface area contributed by atoms with E-state index < -0.39 is 5.60 Å². The van der Waals surface area contributed by atoms with Crippen LogP contribution in [0.15, 0.2) is 0 Å². The summed E-state index contributed by atoms with van der Waals surface area (Å²) in [5, 5.41) is 11.7. The van der Waals surface area contributed by atoms with Crippen LogP contribution in [-0.4, -0.2) is 34.9 Å². The smallest absolute Gasteiger partial charge is 0.308 e. The van der Waals surface area contributed by atoms with E-state index in [1.807, 2.05) is 34.6 Å². The topological polar surface area (TPSA) is 72.8 Å². The van der Waals surface area contributed by atoms with Gasteiger partial charge in [-0.25, -0.2) is 0 Å². The summed E-state index contributed by atoms with van der Waals surface area (Å²) >= 11 is 0. The Balaban J connectivity index is 1.42. The highest BCUT2D eigenvalue weighted by Crippen LogP contribution is 2.68. The minimum atomic E-state index is -0.428. The lowest BCUT2D eigenvalue weighted by Crippen LogP contribution is -2.58. The lowest BCUT2D eigenvalue weighted by atomic mass is 9.43. The largest absolute Gasteiger partial charge is 0.462 e. The lowest BCUT2D eigenvalue weighted by Gasteiger charge is -2.62. The maximum atomic E-state index is 12.5. The van der Waals surface area contributed by atoms with E-state index in [9.17, 15) is 14.7 Å². The molecule has 4 aliphatic carbocycles. The summed E-state index contributed by atoms with van der Waals surface area (Å²) in [5.41, 5.74) is 0.0373. The molecule has 0 bridgehead atoms. The van der Waals surface area contributed by atoms with Gasteiger partial charge in [-0.05, 0) is 131 Å². The molecule has 5 nitrogen and oxygen atoms in total. The van der Waals surface area contributed by atoms with Crippen LogP contribution in [0.5, 0.6) is 0 Å². The van der Waals surface area contributed by atoms with Crippen LogP contribution in [0, 0.1) is 52.3 Å². The van der Waals surface area contributed by atoms with Crippen LogP contribution in [0.4, 0.5) is 0 Å². The first-order valence-corrected chi connectivity index (χ1v) is 15.8. The zero-order valence-electron chi connectivity index (χ0n) is 25.6. The summed E-state index contributed by atoms with van der Waals surface area (Å²) < 4.78 is 11.5. The van der Waals surface area contributed by atoms with E-state index in [-0.39, 0.29) is 40.9 Å². The average Bonchev–Trinajstić information content (AvgIpc) is 3.19. The molecule has 11 atom stereocenters. The zero-order valence-corrected chi connectivity index (χ0v) is 25.6. The second-order valence-corrected chi connectivity index (χ2v) is 15.3. The molecule has 0 aromatic carbocycles. The van der Waals surface area contributed by atoms with Crippen molar-refractivity contribution in [2.24, 2.45) is 52.3 Å². The van der Waals surface area contributed by atoms with Crippen molar-refractivity contribution in [3.8, 4) is 0 Å². The number of rotatable bonds is 7. The van der Waals surface area contributed by atoms with Gasteiger partial charge in [0.2, 0.25) is 0 Å². The number of ether oxygens (including phenoxy) is 2. The molecule has 4 rings (SSSR count). The summed E-state index contributed by atoms with van der Waals surface area (Å²) in [6.45, 7) is 17.1. The highest BCUT2D eigenvalue weighted by Gasteiger charge is 2.63. The molecule has 5 heteroatoms. The monoisotopic (exact) mass is 532 g/mol. The third kappa shape index (κ3) is 5.70. The number of aliphatic hydroxyl groups is 1. The number of carbonyl (C=O) groups is 2. The zero-order chi connectivity index (χ0) is 28.0. The summed E-state index contributed by atoms with van der Waals surface area (Å²) in [6.07, 6.45) is 10.6. The quantitative estimate of drug-likeness (QED) is 0.348. The Bertz CT molecular complexity index is 862. The fourth-order valence-electron chi connectivity index (χ4n) is 9.65. The lowest BCUT2D eigenvalue weighted by molar-refractivity contribution is -0.184. The van der Waals surface area contributed by atoms with Crippen molar-refractivity contribution in [3.63, 3.8) is 0 Å². The molecule has 218 valence electrons. The fourth-order valence-corrected chi connectivity index (χ4v) is 9.65. The van der Waals surface area contributed by atoms with Gasteiger partial charge in [0.15, 0.2) is 0 Å². The van der Waals surface area contributed by atoms with E-state index in [1.54, 1.807) is 0 Å². The van der Waals surface area contributed by atoms with Gasteiger partial charge in [-0.1, -0.05) is 34.6 Å². The van der Waals surface area contributed by atoms with Gasteiger partial charge in [0.1, 0.15) is 11.7 Å².